The summed E-state index contributed by atoms with van der Waals surface area (Å²) in [4.78, 5) is 22.7. The van der Waals surface area contributed by atoms with Crippen molar-refractivity contribution < 1.29 is 23.8 Å². The number of benzene rings is 1. The van der Waals surface area contributed by atoms with E-state index in [2.05, 4.69) is 21.2 Å². The molecule has 0 radical (unpaired) electrons. The van der Waals surface area contributed by atoms with Crippen LogP contribution in [0.2, 0.25) is 0 Å². The summed E-state index contributed by atoms with van der Waals surface area (Å²) >= 11 is 3.07. The van der Waals surface area contributed by atoms with Crippen molar-refractivity contribution in [3.8, 4) is 0 Å². The molecule has 19 heavy (non-hydrogen) atoms. The molecule has 0 fully saturated rings. The highest BCUT2D eigenvalue weighted by Gasteiger charge is 2.21. The van der Waals surface area contributed by atoms with Crippen molar-refractivity contribution in [1.29, 1.82) is 0 Å². The molecule has 2 N–H and O–H groups in total. The zero-order chi connectivity index (χ0) is 14.4. The summed E-state index contributed by atoms with van der Waals surface area (Å²) in [5.41, 5.74) is -0.202. The monoisotopic (exact) mass is 333 g/mol. The molecule has 0 aromatic heterocycles. The van der Waals surface area contributed by atoms with E-state index in [1.54, 1.807) is 0 Å². The molecule has 1 atom stereocenters. The Morgan fingerprint density at radius 2 is 2.21 bits per heavy atom. The summed E-state index contributed by atoms with van der Waals surface area (Å²) in [6.07, 6.45) is 0.107. The summed E-state index contributed by atoms with van der Waals surface area (Å²) in [6.45, 7) is 0.181. The molecule has 0 saturated heterocycles. The van der Waals surface area contributed by atoms with Gasteiger partial charge < -0.3 is 15.2 Å². The molecule has 0 bridgehead atoms. The Balaban J connectivity index is 2.78. The number of aliphatic carboxylic acids is 1. The first-order valence-electron chi connectivity index (χ1n) is 5.43. The highest BCUT2D eigenvalue weighted by atomic mass is 79.9. The van der Waals surface area contributed by atoms with Crippen molar-refractivity contribution in [1.82, 2.24) is 5.32 Å². The number of carboxylic acid groups (broad SMARTS) is 1. The Morgan fingerprint density at radius 3 is 2.74 bits per heavy atom. The minimum atomic E-state index is -1.19. The molecule has 1 unspecified atom stereocenters. The van der Waals surface area contributed by atoms with Crippen LogP contribution in [0.5, 0.6) is 0 Å². The lowest BCUT2D eigenvalue weighted by molar-refractivity contribution is -0.139. The first kappa shape index (κ1) is 15.6. The number of nitrogens with one attached hydrogen (secondary N) is 1. The Kier molecular flexibility index (Phi) is 5.91. The van der Waals surface area contributed by atoms with Crippen molar-refractivity contribution in [2.45, 2.75) is 12.5 Å². The molecule has 0 aliphatic heterocycles. The van der Waals surface area contributed by atoms with Crippen molar-refractivity contribution in [3.05, 3.63) is 34.1 Å². The van der Waals surface area contributed by atoms with Crippen molar-refractivity contribution in [3.63, 3.8) is 0 Å². The molecule has 5 nitrogen and oxygen atoms in total. The summed E-state index contributed by atoms with van der Waals surface area (Å²) in [7, 11) is 1.43. The zero-order valence-corrected chi connectivity index (χ0v) is 11.7. The third kappa shape index (κ3) is 4.60. The van der Waals surface area contributed by atoms with E-state index in [0.717, 1.165) is 6.07 Å². The predicted molar refractivity (Wildman–Crippen MR) is 69.5 cm³/mol. The molecule has 0 heterocycles. The van der Waals surface area contributed by atoms with Crippen LogP contribution in [0, 0.1) is 5.82 Å². The fraction of sp³-hybridized carbons (Fsp3) is 0.333. The smallest absolute Gasteiger partial charge is 0.326 e. The number of rotatable bonds is 6. The fourth-order valence-corrected chi connectivity index (χ4v) is 1.74. The number of amides is 1. The van der Waals surface area contributed by atoms with Gasteiger partial charge in [0.15, 0.2) is 0 Å². The first-order valence-corrected chi connectivity index (χ1v) is 6.22. The van der Waals surface area contributed by atoms with E-state index in [-0.39, 0.29) is 18.6 Å². The van der Waals surface area contributed by atoms with E-state index >= 15 is 0 Å². The largest absolute Gasteiger partial charge is 0.480 e. The number of ether oxygens (including phenoxy) is 1. The SMILES string of the molecule is COCCC(NC(=O)c1ccc(Br)cc1F)C(=O)O. The Morgan fingerprint density at radius 1 is 1.53 bits per heavy atom. The number of carbonyl (C=O) groups excluding carboxylic acids is 1. The van der Waals surface area contributed by atoms with Gasteiger partial charge in [-0.3, -0.25) is 4.79 Å². The second-order valence-corrected chi connectivity index (χ2v) is 4.69. The highest BCUT2D eigenvalue weighted by molar-refractivity contribution is 9.10. The predicted octanol–water partition coefficient (Wildman–Crippen LogP) is 1.81. The molecule has 7 heteroatoms. The standard InChI is InChI=1S/C12H13BrFNO4/c1-19-5-4-10(12(17)18)15-11(16)8-3-2-7(13)6-9(8)14/h2-3,6,10H,4-5H2,1H3,(H,15,16)(H,17,18). The van der Waals surface area contributed by atoms with Gasteiger partial charge in [0.2, 0.25) is 0 Å². The van der Waals surface area contributed by atoms with Crippen LogP contribution < -0.4 is 5.32 Å². The maximum absolute atomic E-state index is 13.5. The molecular weight excluding hydrogens is 321 g/mol. The second kappa shape index (κ2) is 7.20. The first-order chi connectivity index (χ1) is 8.95. The summed E-state index contributed by atoms with van der Waals surface area (Å²) < 4.78 is 18.8. The van der Waals surface area contributed by atoms with Gasteiger partial charge in [-0.05, 0) is 18.2 Å². The Labute approximate surface area is 117 Å². The van der Waals surface area contributed by atoms with Gasteiger partial charge in [0.1, 0.15) is 11.9 Å². The number of methoxy groups -OCH3 is 1. The molecule has 0 aliphatic rings. The van der Waals surface area contributed by atoms with Crippen LogP contribution in [0.15, 0.2) is 22.7 Å². The number of hydrogen-bond acceptors (Lipinski definition) is 3. The third-order valence-electron chi connectivity index (χ3n) is 2.39. The van der Waals surface area contributed by atoms with Crippen LogP contribution in [-0.4, -0.2) is 36.7 Å². The minimum absolute atomic E-state index is 0.107. The summed E-state index contributed by atoms with van der Waals surface area (Å²) in [6, 6.07) is 2.81. The number of carboxylic acids is 1. The zero-order valence-electron chi connectivity index (χ0n) is 10.2. The van der Waals surface area contributed by atoms with Gasteiger partial charge >= 0.3 is 5.97 Å². The average molecular weight is 334 g/mol. The van der Waals surface area contributed by atoms with Gasteiger partial charge in [0.05, 0.1) is 5.56 Å². The van der Waals surface area contributed by atoms with Crippen LogP contribution in [0.4, 0.5) is 4.39 Å². The molecular formula is C12H13BrFNO4. The Hall–Kier alpha value is -1.47. The Bertz CT molecular complexity index is 481. The molecule has 1 amide bonds. The average Bonchev–Trinajstić information content (AvgIpc) is 2.33. The molecule has 1 aromatic carbocycles. The van der Waals surface area contributed by atoms with E-state index in [4.69, 9.17) is 9.84 Å². The maximum Gasteiger partial charge on any atom is 0.326 e. The fourth-order valence-electron chi connectivity index (χ4n) is 1.40. The number of carbonyl (C=O) groups is 2. The molecule has 1 aromatic rings. The van der Waals surface area contributed by atoms with E-state index < -0.39 is 23.7 Å². The van der Waals surface area contributed by atoms with Gasteiger partial charge in [-0.1, -0.05) is 15.9 Å². The van der Waals surface area contributed by atoms with Gasteiger partial charge in [-0.2, -0.15) is 0 Å². The van der Waals surface area contributed by atoms with Gasteiger partial charge in [0.25, 0.3) is 5.91 Å². The van der Waals surface area contributed by atoms with E-state index in [0.29, 0.717) is 4.47 Å². The molecule has 104 valence electrons. The second-order valence-electron chi connectivity index (χ2n) is 3.77. The van der Waals surface area contributed by atoms with Crippen molar-refractivity contribution >= 4 is 27.8 Å². The van der Waals surface area contributed by atoms with Crippen LogP contribution in [-0.2, 0) is 9.53 Å². The normalized spacial score (nSPS) is 11.9. The van der Waals surface area contributed by atoms with Crippen LogP contribution >= 0.6 is 15.9 Å². The number of hydrogen-bond donors (Lipinski definition) is 2. The maximum atomic E-state index is 13.5. The topological polar surface area (TPSA) is 75.6 Å². The molecule has 0 saturated carbocycles. The summed E-state index contributed by atoms with van der Waals surface area (Å²) in [5.74, 6) is -2.68. The lowest BCUT2D eigenvalue weighted by Crippen LogP contribution is -2.41. The van der Waals surface area contributed by atoms with Crippen LogP contribution in [0.1, 0.15) is 16.8 Å². The van der Waals surface area contributed by atoms with Crippen LogP contribution in [0.3, 0.4) is 0 Å². The van der Waals surface area contributed by atoms with Crippen LogP contribution in [0.25, 0.3) is 0 Å². The van der Waals surface area contributed by atoms with E-state index in [1.807, 2.05) is 0 Å². The summed E-state index contributed by atoms with van der Waals surface area (Å²) in [5, 5.41) is 11.2. The third-order valence-corrected chi connectivity index (χ3v) is 2.88. The van der Waals surface area contributed by atoms with E-state index in [1.165, 1.54) is 19.2 Å². The lowest BCUT2D eigenvalue weighted by atomic mass is 10.1. The number of halogens is 2. The highest BCUT2D eigenvalue weighted by Crippen LogP contribution is 2.15. The van der Waals surface area contributed by atoms with Gasteiger partial charge in [0, 0.05) is 24.6 Å². The van der Waals surface area contributed by atoms with Crippen molar-refractivity contribution in [2.24, 2.45) is 0 Å². The van der Waals surface area contributed by atoms with Crippen molar-refractivity contribution in [2.75, 3.05) is 13.7 Å². The minimum Gasteiger partial charge on any atom is -0.480 e. The molecule has 1 rings (SSSR count). The molecule has 0 aliphatic carbocycles. The van der Waals surface area contributed by atoms with Gasteiger partial charge in [-0.15, -0.1) is 0 Å². The van der Waals surface area contributed by atoms with Gasteiger partial charge in [-0.25, -0.2) is 9.18 Å². The van der Waals surface area contributed by atoms with E-state index in [9.17, 15) is 14.0 Å². The molecule has 0 spiro atoms. The quantitative estimate of drug-likeness (QED) is 0.832. The lowest BCUT2D eigenvalue weighted by Gasteiger charge is -2.14.